The van der Waals surface area contributed by atoms with E-state index in [4.69, 9.17) is 0 Å². The molecular formula is C26H20FN5O4S. The van der Waals surface area contributed by atoms with Crippen LogP contribution in [0.4, 0.5) is 10.1 Å². The number of halogens is 1. The minimum absolute atomic E-state index is 0.0250. The van der Waals surface area contributed by atoms with Crippen molar-refractivity contribution in [2.45, 2.75) is 18.2 Å². The van der Waals surface area contributed by atoms with Crippen molar-refractivity contribution in [1.82, 2.24) is 20.2 Å². The molecule has 0 saturated heterocycles. The van der Waals surface area contributed by atoms with Crippen molar-refractivity contribution in [3.8, 4) is 22.6 Å². The zero-order chi connectivity index (χ0) is 26.2. The Morgan fingerprint density at radius 2 is 1.81 bits per heavy atom. The molecule has 0 amide bonds. The number of hydrogen-bond donors (Lipinski definition) is 3. The molecule has 3 N–H and O–H groups in total. The van der Waals surface area contributed by atoms with Crippen molar-refractivity contribution in [2.24, 2.45) is 0 Å². The summed E-state index contributed by atoms with van der Waals surface area (Å²) in [6, 6.07) is 17.2. The fraction of sp³-hybridized carbons (Fsp3) is 0.0769. The van der Waals surface area contributed by atoms with E-state index in [1.54, 1.807) is 0 Å². The van der Waals surface area contributed by atoms with Gasteiger partial charge >= 0.3 is 5.97 Å². The van der Waals surface area contributed by atoms with Crippen LogP contribution >= 0.6 is 0 Å². The molecule has 3 heterocycles. The first-order chi connectivity index (χ1) is 17.8. The van der Waals surface area contributed by atoms with Crippen molar-refractivity contribution in [3.63, 3.8) is 0 Å². The molecule has 0 atom stereocenters. The summed E-state index contributed by atoms with van der Waals surface area (Å²) >= 11 is 0. The average molecular weight is 518 g/mol. The second-order valence-corrected chi connectivity index (χ2v) is 9.85. The molecule has 186 valence electrons. The van der Waals surface area contributed by atoms with Gasteiger partial charge in [0, 0.05) is 11.8 Å². The van der Waals surface area contributed by atoms with Gasteiger partial charge in [0.2, 0.25) is 0 Å². The number of aromatic carboxylic acids is 1. The van der Waals surface area contributed by atoms with Crippen molar-refractivity contribution < 1.29 is 22.7 Å². The van der Waals surface area contributed by atoms with Crippen LogP contribution in [0.25, 0.3) is 33.7 Å². The number of H-pyrrole nitrogens is 1. The van der Waals surface area contributed by atoms with Gasteiger partial charge in [0.1, 0.15) is 10.7 Å². The van der Waals surface area contributed by atoms with E-state index in [2.05, 4.69) is 24.9 Å². The number of pyridine rings is 2. The molecule has 5 aromatic rings. The Morgan fingerprint density at radius 3 is 2.46 bits per heavy atom. The van der Waals surface area contributed by atoms with Gasteiger partial charge in [-0.25, -0.2) is 22.6 Å². The van der Waals surface area contributed by atoms with Gasteiger partial charge in [0.05, 0.1) is 33.7 Å². The number of benzene rings is 2. The number of carboxylic acid groups (broad SMARTS) is 1. The first kappa shape index (κ1) is 24.1. The molecule has 5 rings (SSSR count). The van der Waals surface area contributed by atoms with Crippen molar-refractivity contribution in [2.75, 3.05) is 4.72 Å². The zero-order valence-electron chi connectivity index (χ0n) is 19.4. The number of carboxylic acids is 1. The van der Waals surface area contributed by atoms with Crippen molar-refractivity contribution in [1.29, 1.82) is 0 Å². The molecule has 0 aliphatic rings. The maximum Gasteiger partial charge on any atom is 0.336 e. The van der Waals surface area contributed by atoms with E-state index in [1.165, 1.54) is 36.4 Å². The molecular weight excluding hydrogens is 497 g/mol. The first-order valence-electron chi connectivity index (χ1n) is 11.2. The van der Waals surface area contributed by atoms with Gasteiger partial charge in [-0.3, -0.25) is 14.8 Å². The monoisotopic (exact) mass is 517 g/mol. The Bertz CT molecular complexity index is 1730. The molecule has 0 unspecified atom stereocenters. The number of aromatic nitrogens is 4. The zero-order valence-corrected chi connectivity index (χ0v) is 20.3. The summed E-state index contributed by atoms with van der Waals surface area (Å²) < 4.78 is 41.4. The van der Waals surface area contributed by atoms with Crippen LogP contribution in [-0.4, -0.2) is 39.7 Å². The number of rotatable bonds is 7. The van der Waals surface area contributed by atoms with Crippen LogP contribution in [0.1, 0.15) is 22.8 Å². The number of para-hydroxylation sites is 1. The normalized spacial score (nSPS) is 11.5. The average Bonchev–Trinajstić information content (AvgIpc) is 3.33. The Labute approximate surface area is 211 Å². The number of nitrogens with one attached hydrogen (secondary N) is 2. The lowest BCUT2D eigenvalue weighted by Crippen LogP contribution is -2.14. The van der Waals surface area contributed by atoms with Crippen LogP contribution in [0.5, 0.6) is 0 Å². The summed E-state index contributed by atoms with van der Waals surface area (Å²) in [6.07, 6.45) is 1.97. The second-order valence-electron chi connectivity index (χ2n) is 8.17. The smallest absolute Gasteiger partial charge is 0.336 e. The lowest BCUT2D eigenvalue weighted by atomic mass is 10.0. The van der Waals surface area contributed by atoms with E-state index in [1.807, 2.05) is 31.2 Å². The van der Waals surface area contributed by atoms with Gasteiger partial charge in [-0.1, -0.05) is 43.3 Å². The third kappa shape index (κ3) is 4.64. The van der Waals surface area contributed by atoms with E-state index in [0.29, 0.717) is 11.1 Å². The number of anilines is 1. The molecule has 0 radical (unpaired) electrons. The van der Waals surface area contributed by atoms with Gasteiger partial charge in [-0.15, -0.1) is 0 Å². The highest BCUT2D eigenvalue weighted by Gasteiger charge is 2.21. The quantitative estimate of drug-likeness (QED) is 0.279. The summed E-state index contributed by atoms with van der Waals surface area (Å²) in [6.45, 7) is 2.05. The highest BCUT2D eigenvalue weighted by Crippen LogP contribution is 2.31. The van der Waals surface area contributed by atoms with Gasteiger partial charge < -0.3 is 5.11 Å². The molecule has 37 heavy (non-hydrogen) atoms. The van der Waals surface area contributed by atoms with E-state index in [9.17, 15) is 22.7 Å². The van der Waals surface area contributed by atoms with Crippen LogP contribution in [0.3, 0.4) is 0 Å². The van der Waals surface area contributed by atoms with Gasteiger partial charge in [0.25, 0.3) is 10.0 Å². The first-order valence-corrected chi connectivity index (χ1v) is 12.7. The summed E-state index contributed by atoms with van der Waals surface area (Å²) in [4.78, 5) is 20.6. The van der Waals surface area contributed by atoms with E-state index in [0.717, 1.165) is 29.8 Å². The maximum atomic E-state index is 13.9. The van der Waals surface area contributed by atoms with Crippen LogP contribution in [-0.2, 0) is 16.4 Å². The predicted molar refractivity (Wildman–Crippen MR) is 136 cm³/mol. The van der Waals surface area contributed by atoms with Crippen molar-refractivity contribution >= 4 is 32.7 Å². The number of carbonyl (C=O) groups is 1. The highest BCUT2D eigenvalue weighted by atomic mass is 32.2. The van der Waals surface area contributed by atoms with Gasteiger partial charge in [-0.2, -0.15) is 5.10 Å². The van der Waals surface area contributed by atoms with E-state index < -0.39 is 21.8 Å². The fourth-order valence-electron chi connectivity index (χ4n) is 3.88. The summed E-state index contributed by atoms with van der Waals surface area (Å²) in [5, 5.41) is 17.4. The number of sulfonamides is 1. The fourth-order valence-corrected chi connectivity index (χ4v) is 4.89. The highest BCUT2D eigenvalue weighted by molar-refractivity contribution is 7.92. The van der Waals surface area contributed by atoms with E-state index >= 15 is 0 Å². The molecule has 0 aliphatic carbocycles. The maximum absolute atomic E-state index is 13.9. The minimum Gasteiger partial charge on any atom is -0.478 e. The minimum atomic E-state index is -4.11. The molecule has 0 bridgehead atoms. The molecule has 0 saturated carbocycles. The summed E-state index contributed by atoms with van der Waals surface area (Å²) in [7, 11) is -4.11. The predicted octanol–water partition coefficient (Wildman–Crippen LogP) is 4.89. The number of aromatic amines is 1. The summed E-state index contributed by atoms with van der Waals surface area (Å²) in [5.41, 5.74) is 2.86. The molecule has 3 aromatic heterocycles. The number of hydrogen-bond acceptors (Lipinski definition) is 6. The van der Waals surface area contributed by atoms with Crippen molar-refractivity contribution in [3.05, 3.63) is 89.9 Å². The van der Waals surface area contributed by atoms with Crippen LogP contribution in [0, 0.1) is 5.82 Å². The molecule has 9 nitrogen and oxygen atoms in total. The Morgan fingerprint density at radius 1 is 1.05 bits per heavy atom. The third-order valence-electron chi connectivity index (χ3n) is 5.83. The number of aryl methyl sites for hydroxylation is 1. The van der Waals surface area contributed by atoms with E-state index in [-0.39, 0.29) is 33.2 Å². The molecule has 0 spiro atoms. The molecule has 2 aromatic carbocycles. The second kappa shape index (κ2) is 9.43. The molecule has 0 aliphatic heterocycles. The lowest BCUT2D eigenvalue weighted by Gasteiger charge is -2.09. The molecule has 11 heteroatoms. The number of fused-ring (bicyclic) bond motifs is 1. The lowest BCUT2D eigenvalue weighted by molar-refractivity contribution is 0.0699. The molecule has 0 fully saturated rings. The Hall–Kier alpha value is -4.64. The van der Waals surface area contributed by atoms with Gasteiger partial charge in [0.15, 0.2) is 5.65 Å². The standard InChI is InChI=1S/C26H20FN5O4S/c1-2-15-7-9-16(10-8-15)24-23-18(26(33)34)13-22(29-25(23)31-30-24)21-12-11-17(14-28-21)37(35,36)32-20-6-4-3-5-19(20)27/h3-14,32H,2H2,1H3,(H,33,34)(H,29,30,31). The SMILES string of the molecule is CCc1ccc(-c2[nH]nc3nc(-c4ccc(S(=O)(=O)Nc5ccccc5F)cn4)cc(C(=O)O)c23)cc1. The van der Waals surface area contributed by atoms with Crippen LogP contribution in [0.15, 0.2) is 77.8 Å². The Balaban J connectivity index is 1.51. The third-order valence-corrected chi connectivity index (χ3v) is 7.18. The summed E-state index contributed by atoms with van der Waals surface area (Å²) in [5.74, 6) is -1.89. The number of nitrogens with zero attached hydrogens (tertiary/aromatic N) is 3. The largest absolute Gasteiger partial charge is 0.478 e. The topological polar surface area (TPSA) is 138 Å². The Kier molecular flexibility index (Phi) is 6.14. The van der Waals surface area contributed by atoms with Gasteiger partial charge in [-0.05, 0) is 42.3 Å². The van der Waals surface area contributed by atoms with Crippen LogP contribution < -0.4 is 4.72 Å². The van der Waals surface area contributed by atoms with Crippen LogP contribution in [0.2, 0.25) is 0 Å².